The molecule has 2 rings (SSSR count). The molecule has 0 saturated carbocycles. The van der Waals surface area contributed by atoms with Gasteiger partial charge in [0.05, 0.1) is 6.54 Å². The molecular formula is C13H25N3O. The molecule has 1 amide bonds. The molecular weight excluding hydrogens is 214 g/mol. The molecule has 2 fully saturated rings. The van der Waals surface area contributed by atoms with E-state index in [0.29, 0.717) is 6.54 Å². The molecule has 2 saturated heterocycles. The average Bonchev–Trinajstić information content (AvgIpc) is 3.00. The molecule has 98 valence electrons. The minimum atomic E-state index is 0.285. The van der Waals surface area contributed by atoms with Gasteiger partial charge in [0.15, 0.2) is 0 Å². The zero-order valence-electron chi connectivity index (χ0n) is 11.0. The Kier molecular flexibility index (Phi) is 4.80. The third kappa shape index (κ3) is 3.68. The van der Waals surface area contributed by atoms with E-state index >= 15 is 0 Å². The van der Waals surface area contributed by atoms with Gasteiger partial charge in [0.2, 0.25) is 5.91 Å². The molecule has 2 heterocycles. The van der Waals surface area contributed by atoms with Gasteiger partial charge in [-0.15, -0.1) is 0 Å². The first kappa shape index (κ1) is 12.8. The summed E-state index contributed by atoms with van der Waals surface area (Å²) in [7, 11) is 0. The maximum atomic E-state index is 11.8. The summed E-state index contributed by atoms with van der Waals surface area (Å²) in [6.07, 6.45) is 3.64. The number of likely N-dealkylation sites (tertiary alicyclic amines) is 2. The normalized spacial score (nSPS) is 25.7. The number of nitrogens with zero attached hydrogens (tertiary/aromatic N) is 2. The van der Waals surface area contributed by atoms with Gasteiger partial charge in [0, 0.05) is 19.6 Å². The van der Waals surface area contributed by atoms with Gasteiger partial charge >= 0.3 is 0 Å². The Morgan fingerprint density at radius 1 is 1.29 bits per heavy atom. The molecule has 1 N–H and O–H groups in total. The summed E-state index contributed by atoms with van der Waals surface area (Å²) in [4.78, 5) is 16.3. The minimum absolute atomic E-state index is 0.285. The first-order valence-corrected chi connectivity index (χ1v) is 7.00. The lowest BCUT2D eigenvalue weighted by Gasteiger charge is -2.17. The quantitative estimate of drug-likeness (QED) is 0.760. The van der Waals surface area contributed by atoms with Crippen molar-refractivity contribution in [2.24, 2.45) is 5.92 Å². The Labute approximate surface area is 104 Å². The van der Waals surface area contributed by atoms with Crippen LogP contribution >= 0.6 is 0 Å². The van der Waals surface area contributed by atoms with Crippen molar-refractivity contribution in [1.82, 2.24) is 15.1 Å². The lowest BCUT2D eigenvalue weighted by atomic mass is 10.1. The molecule has 0 bridgehead atoms. The molecule has 0 aliphatic carbocycles. The average molecular weight is 239 g/mol. The number of amides is 1. The summed E-state index contributed by atoms with van der Waals surface area (Å²) in [5, 5.41) is 3.33. The predicted octanol–water partition coefficient (Wildman–Crippen LogP) is 0.540. The standard InChI is InChI=1S/C13H25N3O/c1-2-15-8-5-12(11-15)9-14-10-13(17)16-6-3-4-7-16/h12,14H,2-11H2,1H3. The second kappa shape index (κ2) is 6.36. The SMILES string of the molecule is CCN1CCC(CNCC(=O)N2CCCC2)C1. The maximum Gasteiger partial charge on any atom is 0.236 e. The topological polar surface area (TPSA) is 35.6 Å². The highest BCUT2D eigenvalue weighted by Crippen LogP contribution is 2.14. The number of rotatable bonds is 5. The summed E-state index contributed by atoms with van der Waals surface area (Å²) in [6, 6.07) is 0. The van der Waals surface area contributed by atoms with Crippen molar-refractivity contribution in [1.29, 1.82) is 0 Å². The fraction of sp³-hybridized carbons (Fsp3) is 0.923. The van der Waals surface area contributed by atoms with E-state index in [0.717, 1.165) is 32.1 Å². The first-order chi connectivity index (χ1) is 8.29. The van der Waals surface area contributed by atoms with Crippen molar-refractivity contribution in [3.05, 3.63) is 0 Å². The molecule has 1 unspecified atom stereocenters. The second-order valence-corrected chi connectivity index (χ2v) is 5.27. The Bertz CT molecular complexity index is 251. The molecule has 4 nitrogen and oxygen atoms in total. The van der Waals surface area contributed by atoms with Gasteiger partial charge in [-0.05, 0) is 44.8 Å². The van der Waals surface area contributed by atoms with Gasteiger partial charge in [-0.2, -0.15) is 0 Å². The van der Waals surface area contributed by atoms with Crippen molar-refractivity contribution in [3.63, 3.8) is 0 Å². The van der Waals surface area contributed by atoms with Crippen molar-refractivity contribution in [2.75, 3.05) is 45.8 Å². The van der Waals surface area contributed by atoms with Gasteiger partial charge in [-0.1, -0.05) is 6.92 Å². The molecule has 0 spiro atoms. The summed E-state index contributed by atoms with van der Waals surface area (Å²) in [6.45, 7) is 9.25. The smallest absolute Gasteiger partial charge is 0.236 e. The van der Waals surface area contributed by atoms with E-state index in [1.165, 1.54) is 32.4 Å². The number of carbonyl (C=O) groups is 1. The molecule has 0 aromatic rings. The minimum Gasteiger partial charge on any atom is -0.342 e. The molecule has 1 atom stereocenters. The Balaban J connectivity index is 1.58. The molecule has 0 radical (unpaired) electrons. The van der Waals surface area contributed by atoms with E-state index in [2.05, 4.69) is 17.1 Å². The number of hydrogen-bond donors (Lipinski definition) is 1. The first-order valence-electron chi connectivity index (χ1n) is 7.00. The van der Waals surface area contributed by atoms with Gasteiger partial charge in [-0.25, -0.2) is 0 Å². The van der Waals surface area contributed by atoms with E-state index in [-0.39, 0.29) is 5.91 Å². The van der Waals surface area contributed by atoms with Gasteiger partial charge in [-0.3, -0.25) is 4.79 Å². The monoisotopic (exact) mass is 239 g/mol. The van der Waals surface area contributed by atoms with Crippen LogP contribution in [0.5, 0.6) is 0 Å². The largest absolute Gasteiger partial charge is 0.342 e. The van der Waals surface area contributed by atoms with Crippen molar-refractivity contribution >= 4 is 5.91 Å². The molecule has 2 aliphatic heterocycles. The molecule has 17 heavy (non-hydrogen) atoms. The lowest BCUT2D eigenvalue weighted by molar-refractivity contribution is -0.129. The van der Waals surface area contributed by atoms with Crippen LogP contribution in [0.15, 0.2) is 0 Å². The molecule has 0 aromatic carbocycles. The number of nitrogens with one attached hydrogen (secondary N) is 1. The third-order valence-corrected chi connectivity index (χ3v) is 3.99. The Morgan fingerprint density at radius 3 is 2.71 bits per heavy atom. The third-order valence-electron chi connectivity index (χ3n) is 3.99. The second-order valence-electron chi connectivity index (χ2n) is 5.27. The molecule has 4 heteroatoms. The molecule has 0 aromatic heterocycles. The van der Waals surface area contributed by atoms with E-state index < -0.39 is 0 Å². The van der Waals surface area contributed by atoms with Crippen LogP contribution in [0.2, 0.25) is 0 Å². The van der Waals surface area contributed by atoms with Crippen LogP contribution in [0.1, 0.15) is 26.2 Å². The highest BCUT2D eigenvalue weighted by atomic mass is 16.2. The van der Waals surface area contributed by atoms with E-state index in [4.69, 9.17) is 0 Å². The summed E-state index contributed by atoms with van der Waals surface area (Å²) < 4.78 is 0. The highest BCUT2D eigenvalue weighted by Gasteiger charge is 2.22. The van der Waals surface area contributed by atoms with E-state index in [9.17, 15) is 4.79 Å². The zero-order chi connectivity index (χ0) is 12.1. The van der Waals surface area contributed by atoms with Crippen LogP contribution in [0.4, 0.5) is 0 Å². The van der Waals surface area contributed by atoms with Crippen molar-refractivity contribution in [3.8, 4) is 0 Å². The van der Waals surface area contributed by atoms with Crippen molar-refractivity contribution < 1.29 is 4.79 Å². The Morgan fingerprint density at radius 2 is 2.06 bits per heavy atom. The van der Waals surface area contributed by atoms with Gasteiger partial charge < -0.3 is 15.1 Å². The van der Waals surface area contributed by atoms with Crippen LogP contribution in [0.25, 0.3) is 0 Å². The lowest BCUT2D eigenvalue weighted by Crippen LogP contribution is -2.38. The van der Waals surface area contributed by atoms with Crippen LogP contribution in [0, 0.1) is 5.92 Å². The van der Waals surface area contributed by atoms with Crippen LogP contribution in [-0.4, -0.2) is 61.5 Å². The van der Waals surface area contributed by atoms with Crippen LogP contribution in [-0.2, 0) is 4.79 Å². The Hall–Kier alpha value is -0.610. The fourth-order valence-electron chi connectivity index (χ4n) is 2.83. The summed E-state index contributed by atoms with van der Waals surface area (Å²) in [5.74, 6) is 1.02. The van der Waals surface area contributed by atoms with Crippen molar-refractivity contribution in [2.45, 2.75) is 26.2 Å². The fourth-order valence-corrected chi connectivity index (χ4v) is 2.83. The number of carbonyl (C=O) groups excluding carboxylic acids is 1. The zero-order valence-corrected chi connectivity index (χ0v) is 11.0. The van der Waals surface area contributed by atoms with E-state index in [1.807, 2.05) is 4.90 Å². The number of hydrogen-bond acceptors (Lipinski definition) is 3. The van der Waals surface area contributed by atoms with Crippen LogP contribution < -0.4 is 5.32 Å². The van der Waals surface area contributed by atoms with Gasteiger partial charge in [0.25, 0.3) is 0 Å². The summed E-state index contributed by atoms with van der Waals surface area (Å²) >= 11 is 0. The van der Waals surface area contributed by atoms with Crippen LogP contribution in [0.3, 0.4) is 0 Å². The predicted molar refractivity (Wildman–Crippen MR) is 68.9 cm³/mol. The van der Waals surface area contributed by atoms with E-state index in [1.54, 1.807) is 0 Å². The van der Waals surface area contributed by atoms with Gasteiger partial charge in [0.1, 0.15) is 0 Å². The summed E-state index contributed by atoms with van der Waals surface area (Å²) in [5.41, 5.74) is 0. The highest BCUT2D eigenvalue weighted by molar-refractivity contribution is 5.78. The maximum absolute atomic E-state index is 11.8. The molecule has 2 aliphatic rings.